The van der Waals surface area contributed by atoms with E-state index in [1.807, 2.05) is 0 Å². The maximum Gasteiger partial charge on any atom is 0.297 e. The summed E-state index contributed by atoms with van der Waals surface area (Å²) in [5.74, 6) is -0.762. The summed E-state index contributed by atoms with van der Waals surface area (Å²) in [5.41, 5.74) is 1.55. The number of carbonyl (C=O) groups is 2. The number of amides is 2. The molecule has 0 bridgehead atoms. The van der Waals surface area contributed by atoms with E-state index in [0.29, 0.717) is 23.0 Å². The van der Waals surface area contributed by atoms with Crippen LogP contribution in [0.3, 0.4) is 0 Å². The number of aromatic nitrogens is 6. The smallest absolute Gasteiger partial charge is 0.297 e. The Kier molecular flexibility index (Phi) is 5.28. The van der Waals surface area contributed by atoms with Gasteiger partial charge in [-0.3, -0.25) is 14.0 Å². The van der Waals surface area contributed by atoms with Crippen LogP contribution < -0.4 is 10.6 Å². The van der Waals surface area contributed by atoms with Gasteiger partial charge in [0.2, 0.25) is 17.4 Å². The first-order valence-corrected chi connectivity index (χ1v) is 10.3. The Labute approximate surface area is 196 Å². The zero-order valence-electron chi connectivity index (χ0n) is 18.7. The normalized spacial score (nSPS) is 11.1. The monoisotopic (exact) mass is 476 g/mol. The van der Waals surface area contributed by atoms with Crippen LogP contribution >= 0.6 is 0 Å². The topological polar surface area (TPSA) is 153 Å². The number of rotatable bonds is 5. The van der Waals surface area contributed by atoms with Gasteiger partial charge in [0.25, 0.3) is 17.6 Å². The van der Waals surface area contributed by atoms with Crippen molar-refractivity contribution in [1.29, 1.82) is 0 Å². The minimum atomic E-state index is -0.574. The average molecular weight is 476 g/mol. The molecule has 0 atom stereocenters. The summed E-state index contributed by atoms with van der Waals surface area (Å²) in [6, 6.07) is 4.10. The lowest BCUT2D eigenvalue weighted by Crippen LogP contribution is -2.14. The molecule has 0 fully saturated rings. The van der Waals surface area contributed by atoms with Crippen molar-refractivity contribution in [2.45, 2.75) is 20.8 Å². The molecule has 5 rings (SSSR count). The minimum absolute atomic E-state index is 0.0795. The Hall–Kier alpha value is -4.94. The molecular weight excluding hydrogens is 459 g/mol. The summed E-state index contributed by atoms with van der Waals surface area (Å²) in [6.45, 7) is 4.87. The van der Waals surface area contributed by atoms with Crippen molar-refractivity contribution in [3.8, 4) is 11.3 Å². The van der Waals surface area contributed by atoms with Crippen molar-refractivity contribution in [1.82, 2.24) is 29.5 Å². The van der Waals surface area contributed by atoms with Gasteiger partial charge in [0.1, 0.15) is 5.82 Å². The van der Waals surface area contributed by atoms with Crippen molar-refractivity contribution < 1.29 is 22.9 Å². The van der Waals surface area contributed by atoms with Crippen molar-refractivity contribution in [3.63, 3.8) is 0 Å². The Bertz CT molecular complexity index is 1600. The van der Waals surface area contributed by atoms with E-state index in [1.54, 1.807) is 33.2 Å². The summed E-state index contributed by atoms with van der Waals surface area (Å²) in [4.78, 5) is 41.2. The van der Waals surface area contributed by atoms with Crippen molar-refractivity contribution >= 4 is 29.0 Å². The third-order valence-electron chi connectivity index (χ3n) is 4.91. The molecule has 0 unspecified atom stereocenters. The van der Waals surface area contributed by atoms with Gasteiger partial charge >= 0.3 is 0 Å². The first-order chi connectivity index (χ1) is 16.8. The predicted octanol–water partition coefficient (Wildman–Crippen LogP) is 3.34. The third kappa shape index (κ3) is 4.34. The van der Waals surface area contributed by atoms with Crippen LogP contribution in [0.1, 0.15) is 38.6 Å². The average Bonchev–Trinajstić information content (AvgIpc) is 3.52. The van der Waals surface area contributed by atoms with Crippen LogP contribution in [0.2, 0.25) is 0 Å². The zero-order valence-corrected chi connectivity index (χ0v) is 18.7. The molecule has 0 saturated carbocycles. The molecule has 5 aromatic rings. The first-order valence-electron chi connectivity index (χ1n) is 10.3. The molecule has 0 aliphatic carbocycles. The number of carbonyl (C=O) groups excluding carboxylic acids is 2. The van der Waals surface area contributed by atoms with Gasteiger partial charge in [-0.1, -0.05) is 5.16 Å². The van der Waals surface area contributed by atoms with Gasteiger partial charge in [-0.2, -0.15) is 4.98 Å². The number of anilines is 2. The second kappa shape index (κ2) is 8.44. The van der Waals surface area contributed by atoms with Crippen LogP contribution in [0.25, 0.3) is 17.0 Å². The van der Waals surface area contributed by atoms with Gasteiger partial charge < -0.3 is 19.6 Å². The molecule has 176 valence electrons. The lowest BCUT2D eigenvalue weighted by Gasteiger charge is -2.06. The SMILES string of the molecule is Cc1nc(C(=O)Nc2cnc3nc(-c4cc(NC(=O)c5oc(C)nc5C)ccc4F)cn3c2)no1. The number of fused-ring (bicyclic) bond motifs is 1. The summed E-state index contributed by atoms with van der Waals surface area (Å²) in [5, 5.41) is 8.84. The Morgan fingerprint density at radius 3 is 2.49 bits per heavy atom. The maximum absolute atomic E-state index is 14.7. The number of nitrogens with zero attached hydrogens (tertiary/aromatic N) is 6. The van der Waals surface area contributed by atoms with E-state index in [1.165, 1.54) is 28.8 Å². The van der Waals surface area contributed by atoms with E-state index in [4.69, 9.17) is 8.94 Å². The van der Waals surface area contributed by atoms with E-state index in [0.717, 1.165) is 0 Å². The van der Waals surface area contributed by atoms with Crippen LogP contribution in [0.4, 0.5) is 15.8 Å². The van der Waals surface area contributed by atoms with Crippen molar-refractivity contribution in [2.75, 3.05) is 10.6 Å². The largest absolute Gasteiger partial charge is 0.436 e. The number of hydrogen-bond donors (Lipinski definition) is 2. The summed E-state index contributed by atoms with van der Waals surface area (Å²) in [6.07, 6.45) is 4.50. The second-order valence-electron chi connectivity index (χ2n) is 7.56. The molecule has 12 nitrogen and oxygen atoms in total. The Balaban J connectivity index is 1.40. The molecule has 0 saturated heterocycles. The van der Waals surface area contributed by atoms with E-state index >= 15 is 0 Å². The van der Waals surface area contributed by atoms with Crippen LogP contribution in [0, 0.1) is 26.6 Å². The van der Waals surface area contributed by atoms with Gasteiger partial charge in [0, 0.05) is 37.5 Å². The number of oxazole rings is 1. The highest BCUT2D eigenvalue weighted by Crippen LogP contribution is 2.26. The maximum atomic E-state index is 14.7. The predicted molar refractivity (Wildman–Crippen MR) is 119 cm³/mol. The summed E-state index contributed by atoms with van der Waals surface area (Å²) >= 11 is 0. The van der Waals surface area contributed by atoms with Gasteiger partial charge in [-0.05, 0) is 25.1 Å². The lowest BCUT2D eigenvalue weighted by molar-refractivity contribution is 0.0991. The number of aryl methyl sites for hydroxylation is 3. The third-order valence-corrected chi connectivity index (χ3v) is 4.91. The Morgan fingerprint density at radius 1 is 0.971 bits per heavy atom. The summed E-state index contributed by atoms with van der Waals surface area (Å²) in [7, 11) is 0. The second-order valence-corrected chi connectivity index (χ2v) is 7.56. The fraction of sp³-hybridized carbons (Fsp3) is 0.136. The molecule has 0 radical (unpaired) electrons. The Morgan fingerprint density at radius 2 is 1.77 bits per heavy atom. The van der Waals surface area contributed by atoms with Gasteiger partial charge in [0.05, 0.1) is 23.3 Å². The van der Waals surface area contributed by atoms with E-state index in [9.17, 15) is 14.0 Å². The van der Waals surface area contributed by atoms with Gasteiger partial charge in [-0.15, -0.1) is 0 Å². The highest BCUT2D eigenvalue weighted by molar-refractivity contribution is 6.03. The lowest BCUT2D eigenvalue weighted by atomic mass is 10.1. The highest BCUT2D eigenvalue weighted by atomic mass is 19.1. The quantitative estimate of drug-likeness (QED) is 0.389. The molecule has 13 heteroatoms. The standard InChI is InChI=1S/C22H17FN8O4/c1-10-18(34-11(2)25-10)20(32)27-13-4-5-16(23)15(6-13)17-9-31-8-14(7-24-22(31)29-17)28-21(33)19-26-12(3)35-30-19/h4-9H,1-3H3,(H,27,32)(H,28,33). The highest BCUT2D eigenvalue weighted by Gasteiger charge is 2.18. The van der Waals surface area contributed by atoms with Crippen LogP contribution in [0.5, 0.6) is 0 Å². The number of imidazole rings is 1. The molecule has 2 amide bonds. The molecule has 4 aromatic heterocycles. The van der Waals surface area contributed by atoms with E-state index < -0.39 is 17.6 Å². The van der Waals surface area contributed by atoms with Gasteiger partial charge in [-0.25, -0.2) is 19.3 Å². The first kappa shape index (κ1) is 21.9. The van der Waals surface area contributed by atoms with Crippen LogP contribution in [-0.4, -0.2) is 41.3 Å². The van der Waals surface area contributed by atoms with Crippen molar-refractivity contribution in [3.05, 3.63) is 71.7 Å². The molecule has 0 aliphatic rings. The van der Waals surface area contributed by atoms with E-state index in [-0.39, 0.29) is 34.5 Å². The van der Waals surface area contributed by atoms with Crippen LogP contribution in [0.15, 0.2) is 45.7 Å². The molecule has 0 aliphatic heterocycles. The molecule has 35 heavy (non-hydrogen) atoms. The van der Waals surface area contributed by atoms with Crippen molar-refractivity contribution in [2.24, 2.45) is 0 Å². The van der Waals surface area contributed by atoms with Crippen LogP contribution in [-0.2, 0) is 0 Å². The summed E-state index contributed by atoms with van der Waals surface area (Å²) < 4.78 is 26.3. The zero-order chi connectivity index (χ0) is 24.7. The van der Waals surface area contributed by atoms with Gasteiger partial charge in [0.15, 0.2) is 5.89 Å². The van der Waals surface area contributed by atoms with E-state index in [2.05, 4.69) is 35.7 Å². The fourth-order valence-corrected chi connectivity index (χ4v) is 3.39. The number of nitrogens with one attached hydrogen (secondary N) is 2. The fourth-order valence-electron chi connectivity index (χ4n) is 3.39. The molecular formula is C22H17FN8O4. The molecule has 4 heterocycles. The molecule has 1 aromatic carbocycles. The number of halogens is 1. The molecule has 2 N–H and O–H groups in total. The number of hydrogen-bond acceptors (Lipinski definition) is 9. The molecule has 0 spiro atoms. The minimum Gasteiger partial charge on any atom is -0.436 e. The number of benzene rings is 1.